The molecular formula is C26H34N6O. The highest BCUT2D eigenvalue weighted by molar-refractivity contribution is 5.76. The van der Waals surface area contributed by atoms with Gasteiger partial charge in [0.15, 0.2) is 5.82 Å². The van der Waals surface area contributed by atoms with Gasteiger partial charge in [-0.2, -0.15) is 0 Å². The number of rotatable bonds is 8. The van der Waals surface area contributed by atoms with E-state index in [0.717, 1.165) is 50.7 Å². The normalized spacial score (nSPS) is 14.9. The number of carbonyl (C=O) groups is 1. The van der Waals surface area contributed by atoms with Crippen LogP contribution in [0.4, 0.5) is 5.69 Å². The quantitative estimate of drug-likeness (QED) is 0.576. The minimum Gasteiger partial charge on any atom is -0.378 e. The van der Waals surface area contributed by atoms with Crippen LogP contribution in [0.2, 0.25) is 0 Å². The van der Waals surface area contributed by atoms with Gasteiger partial charge in [0.1, 0.15) is 5.82 Å². The lowest BCUT2D eigenvalue weighted by Gasteiger charge is -2.21. The first-order valence-electron chi connectivity index (χ1n) is 11.7. The smallest absolute Gasteiger partial charge is 0.220 e. The SMILES string of the molecule is C[C@H](NC(=O)CCc1ccccc1)c1nnc2n1CCN(Cc1ccc(N(C)C)cc1)CC2. The van der Waals surface area contributed by atoms with E-state index in [2.05, 4.69) is 80.4 Å². The standard InChI is InChI=1S/C26H34N6O/c1-20(27-25(33)14-11-21-7-5-4-6-8-21)26-29-28-24-15-16-31(17-18-32(24)26)19-22-9-12-23(13-10-22)30(2)3/h4-10,12-13,20H,11,14-19H2,1-3H3,(H,27,33)/t20-/m0/s1. The maximum absolute atomic E-state index is 12.5. The van der Waals surface area contributed by atoms with Crippen molar-refractivity contribution in [1.82, 2.24) is 25.0 Å². The Morgan fingerprint density at radius 3 is 2.48 bits per heavy atom. The Kier molecular flexibility index (Phi) is 7.40. The third-order valence-corrected chi connectivity index (χ3v) is 6.25. The van der Waals surface area contributed by atoms with E-state index >= 15 is 0 Å². The zero-order valence-corrected chi connectivity index (χ0v) is 19.9. The highest BCUT2D eigenvalue weighted by Gasteiger charge is 2.22. The van der Waals surface area contributed by atoms with Crippen LogP contribution in [0.3, 0.4) is 0 Å². The molecule has 1 amide bonds. The van der Waals surface area contributed by atoms with Crippen LogP contribution in [0.1, 0.15) is 42.2 Å². The molecule has 0 bridgehead atoms. The summed E-state index contributed by atoms with van der Waals surface area (Å²) in [5, 5.41) is 12.0. The fraction of sp³-hybridized carbons (Fsp3) is 0.423. The summed E-state index contributed by atoms with van der Waals surface area (Å²) >= 11 is 0. The van der Waals surface area contributed by atoms with E-state index < -0.39 is 0 Å². The summed E-state index contributed by atoms with van der Waals surface area (Å²) in [6.07, 6.45) is 2.06. The van der Waals surface area contributed by atoms with Crippen LogP contribution in [-0.4, -0.2) is 52.8 Å². The maximum atomic E-state index is 12.5. The van der Waals surface area contributed by atoms with Gasteiger partial charge in [-0.25, -0.2) is 0 Å². The number of amides is 1. The van der Waals surface area contributed by atoms with Gasteiger partial charge in [-0.1, -0.05) is 42.5 Å². The Morgan fingerprint density at radius 2 is 1.76 bits per heavy atom. The average molecular weight is 447 g/mol. The van der Waals surface area contributed by atoms with Crippen molar-refractivity contribution >= 4 is 11.6 Å². The predicted molar refractivity (Wildman–Crippen MR) is 131 cm³/mol. The average Bonchev–Trinajstić information content (AvgIpc) is 3.13. The molecule has 1 aliphatic heterocycles. The molecule has 7 nitrogen and oxygen atoms in total. The number of nitrogens with one attached hydrogen (secondary N) is 1. The molecule has 1 aliphatic rings. The second-order valence-electron chi connectivity index (χ2n) is 8.99. The molecule has 1 aromatic heterocycles. The third kappa shape index (κ3) is 5.99. The molecule has 174 valence electrons. The molecule has 2 aromatic carbocycles. The minimum atomic E-state index is -0.167. The van der Waals surface area contributed by atoms with E-state index in [-0.39, 0.29) is 11.9 Å². The maximum Gasteiger partial charge on any atom is 0.220 e. The van der Waals surface area contributed by atoms with Crippen molar-refractivity contribution < 1.29 is 4.79 Å². The van der Waals surface area contributed by atoms with Gasteiger partial charge in [0.2, 0.25) is 5.91 Å². The van der Waals surface area contributed by atoms with Gasteiger partial charge >= 0.3 is 0 Å². The number of hydrogen-bond acceptors (Lipinski definition) is 5. The fourth-order valence-electron chi connectivity index (χ4n) is 4.31. The number of hydrogen-bond donors (Lipinski definition) is 1. The molecule has 0 spiro atoms. The Labute approximate surface area is 196 Å². The first kappa shape index (κ1) is 23.0. The highest BCUT2D eigenvalue weighted by atomic mass is 16.1. The number of nitrogens with zero attached hydrogens (tertiary/aromatic N) is 5. The molecule has 0 aliphatic carbocycles. The first-order valence-corrected chi connectivity index (χ1v) is 11.7. The number of carbonyl (C=O) groups excluding carboxylic acids is 1. The Morgan fingerprint density at radius 1 is 1.00 bits per heavy atom. The molecule has 1 N–H and O–H groups in total. The zero-order chi connectivity index (χ0) is 23.2. The fourth-order valence-corrected chi connectivity index (χ4v) is 4.31. The lowest BCUT2D eigenvalue weighted by molar-refractivity contribution is -0.121. The molecule has 0 fully saturated rings. The third-order valence-electron chi connectivity index (χ3n) is 6.25. The molecular weight excluding hydrogens is 412 g/mol. The van der Waals surface area contributed by atoms with Crippen molar-refractivity contribution in [3.05, 3.63) is 77.4 Å². The lowest BCUT2D eigenvalue weighted by atomic mass is 10.1. The summed E-state index contributed by atoms with van der Waals surface area (Å²) < 4.78 is 2.19. The van der Waals surface area contributed by atoms with Gasteiger partial charge in [0.25, 0.3) is 0 Å². The minimum absolute atomic E-state index is 0.0418. The van der Waals surface area contributed by atoms with Gasteiger partial charge in [-0.3, -0.25) is 9.69 Å². The van der Waals surface area contributed by atoms with Gasteiger partial charge in [0, 0.05) is 58.8 Å². The van der Waals surface area contributed by atoms with Crippen molar-refractivity contribution in [2.45, 2.75) is 45.3 Å². The predicted octanol–water partition coefficient (Wildman–Crippen LogP) is 3.21. The second kappa shape index (κ2) is 10.6. The van der Waals surface area contributed by atoms with Crippen molar-refractivity contribution in [2.24, 2.45) is 0 Å². The zero-order valence-electron chi connectivity index (χ0n) is 19.9. The van der Waals surface area contributed by atoms with Gasteiger partial charge in [-0.05, 0) is 36.6 Å². The van der Waals surface area contributed by atoms with Gasteiger partial charge in [-0.15, -0.1) is 10.2 Å². The van der Waals surface area contributed by atoms with Crippen LogP contribution in [0.25, 0.3) is 0 Å². The number of benzene rings is 2. The molecule has 0 saturated heterocycles. The van der Waals surface area contributed by atoms with Crippen molar-refractivity contribution in [1.29, 1.82) is 0 Å². The van der Waals surface area contributed by atoms with E-state index in [1.807, 2.05) is 25.1 Å². The lowest BCUT2D eigenvalue weighted by Crippen LogP contribution is -2.30. The Balaban J connectivity index is 1.32. The van der Waals surface area contributed by atoms with E-state index in [9.17, 15) is 4.79 Å². The van der Waals surface area contributed by atoms with E-state index in [4.69, 9.17) is 0 Å². The summed E-state index contributed by atoms with van der Waals surface area (Å²) in [5.74, 6) is 1.89. The Bertz CT molecular complexity index is 1040. The number of aryl methyl sites for hydroxylation is 1. The summed E-state index contributed by atoms with van der Waals surface area (Å²) in [6, 6.07) is 18.7. The first-order chi connectivity index (χ1) is 16.0. The summed E-state index contributed by atoms with van der Waals surface area (Å²) in [7, 11) is 4.12. The molecule has 0 radical (unpaired) electrons. The highest BCUT2D eigenvalue weighted by Crippen LogP contribution is 2.18. The summed E-state index contributed by atoms with van der Waals surface area (Å²) in [5.41, 5.74) is 3.70. The number of fused-ring (bicyclic) bond motifs is 1. The van der Waals surface area contributed by atoms with Crippen LogP contribution in [0.5, 0.6) is 0 Å². The molecule has 4 rings (SSSR count). The van der Waals surface area contributed by atoms with E-state index in [1.54, 1.807) is 0 Å². The van der Waals surface area contributed by atoms with Crippen LogP contribution < -0.4 is 10.2 Å². The van der Waals surface area contributed by atoms with Crippen LogP contribution >= 0.6 is 0 Å². The number of anilines is 1. The second-order valence-corrected chi connectivity index (χ2v) is 8.99. The van der Waals surface area contributed by atoms with Gasteiger partial charge in [0.05, 0.1) is 6.04 Å². The largest absolute Gasteiger partial charge is 0.378 e. The monoisotopic (exact) mass is 446 g/mol. The number of aromatic nitrogens is 3. The van der Waals surface area contributed by atoms with Crippen molar-refractivity contribution in [2.75, 3.05) is 32.1 Å². The van der Waals surface area contributed by atoms with E-state index in [1.165, 1.54) is 16.8 Å². The molecule has 0 unspecified atom stereocenters. The molecule has 2 heterocycles. The van der Waals surface area contributed by atoms with Crippen molar-refractivity contribution in [3.63, 3.8) is 0 Å². The molecule has 0 saturated carbocycles. The summed E-state index contributed by atoms with van der Waals surface area (Å²) in [6.45, 7) is 5.63. The topological polar surface area (TPSA) is 66.3 Å². The van der Waals surface area contributed by atoms with E-state index in [0.29, 0.717) is 6.42 Å². The van der Waals surface area contributed by atoms with Crippen molar-refractivity contribution in [3.8, 4) is 0 Å². The van der Waals surface area contributed by atoms with Crippen LogP contribution in [0.15, 0.2) is 54.6 Å². The molecule has 1 atom stereocenters. The Hall–Kier alpha value is -3.19. The van der Waals surface area contributed by atoms with Gasteiger partial charge < -0.3 is 14.8 Å². The summed E-state index contributed by atoms with van der Waals surface area (Å²) in [4.78, 5) is 17.1. The van der Waals surface area contributed by atoms with Crippen LogP contribution in [-0.2, 0) is 30.7 Å². The van der Waals surface area contributed by atoms with Crippen LogP contribution in [0, 0.1) is 0 Å². The molecule has 33 heavy (non-hydrogen) atoms. The molecule has 7 heteroatoms. The molecule has 3 aromatic rings.